The van der Waals surface area contributed by atoms with E-state index in [0.717, 1.165) is 24.2 Å². The fourth-order valence-corrected chi connectivity index (χ4v) is 2.96. The summed E-state index contributed by atoms with van der Waals surface area (Å²) in [6.07, 6.45) is 1.01. The number of rotatable bonds is 5. The van der Waals surface area contributed by atoms with Gasteiger partial charge in [0.25, 0.3) is 5.91 Å². The van der Waals surface area contributed by atoms with Gasteiger partial charge in [-0.15, -0.1) is 0 Å². The summed E-state index contributed by atoms with van der Waals surface area (Å²) in [5.74, 6) is -0.430. The Hall–Kier alpha value is -2.82. The third kappa shape index (κ3) is 3.99. The summed E-state index contributed by atoms with van der Waals surface area (Å²) in [4.78, 5) is 26.8. The highest BCUT2D eigenvalue weighted by Crippen LogP contribution is 2.27. The zero-order valence-corrected chi connectivity index (χ0v) is 14.6. The van der Waals surface area contributed by atoms with Gasteiger partial charge in [0, 0.05) is 31.4 Å². The number of hydrogen-bond donors (Lipinski definition) is 2. The van der Waals surface area contributed by atoms with Gasteiger partial charge in [-0.2, -0.15) is 0 Å². The van der Waals surface area contributed by atoms with Gasteiger partial charge >= 0.3 is 0 Å². The van der Waals surface area contributed by atoms with Gasteiger partial charge in [-0.1, -0.05) is 36.4 Å². The van der Waals surface area contributed by atoms with Crippen LogP contribution in [0.15, 0.2) is 48.5 Å². The summed E-state index contributed by atoms with van der Waals surface area (Å²) in [5.41, 5.74) is 3.95. The van der Waals surface area contributed by atoms with Crippen LogP contribution in [0.3, 0.4) is 0 Å². The molecule has 0 saturated heterocycles. The number of carbonyl (C=O) groups excluding carboxylic acids is 2. The van der Waals surface area contributed by atoms with Crippen LogP contribution >= 0.6 is 0 Å². The number of amides is 2. The Morgan fingerprint density at radius 1 is 1.16 bits per heavy atom. The van der Waals surface area contributed by atoms with Gasteiger partial charge in [-0.25, -0.2) is 0 Å². The molecule has 0 fully saturated rings. The molecule has 0 unspecified atom stereocenters. The first-order valence-electron chi connectivity index (χ1n) is 8.51. The van der Waals surface area contributed by atoms with Crippen LogP contribution in [-0.2, 0) is 17.8 Å². The molecule has 1 atom stereocenters. The third-order valence-corrected chi connectivity index (χ3v) is 4.53. The molecular formula is C20H23N3O2. The molecule has 130 valence electrons. The number of nitrogens with zero attached hydrogens (tertiary/aromatic N) is 1. The lowest BCUT2D eigenvalue weighted by molar-refractivity contribution is -0.122. The molecule has 0 aliphatic carbocycles. The Kier molecular flexibility index (Phi) is 5.03. The number of likely N-dealkylation sites (N-methyl/N-ethyl adjacent to an activating group) is 1. The molecule has 1 heterocycles. The smallest absolute Gasteiger partial charge is 0.251 e. The van der Waals surface area contributed by atoms with E-state index in [4.69, 9.17) is 0 Å². The van der Waals surface area contributed by atoms with Crippen LogP contribution in [0.5, 0.6) is 0 Å². The number of hydrogen-bond acceptors (Lipinski definition) is 3. The highest BCUT2D eigenvalue weighted by Gasteiger charge is 2.20. The summed E-state index contributed by atoms with van der Waals surface area (Å²) in [7, 11) is 2.02. The maximum atomic E-state index is 12.4. The summed E-state index contributed by atoms with van der Waals surface area (Å²) in [5, 5.41) is 5.61. The second-order valence-electron chi connectivity index (χ2n) is 6.41. The number of fused-ring (bicyclic) bond motifs is 1. The van der Waals surface area contributed by atoms with Crippen molar-refractivity contribution in [1.82, 2.24) is 10.6 Å². The highest BCUT2D eigenvalue weighted by molar-refractivity contribution is 5.98. The SMILES string of the molecule is C[C@@H](NC(=O)c1ccc2c(c1)N(C)CC2)C(=O)NCc1ccccc1. The lowest BCUT2D eigenvalue weighted by Gasteiger charge is -2.16. The van der Waals surface area contributed by atoms with Crippen molar-refractivity contribution in [1.29, 1.82) is 0 Å². The van der Waals surface area contributed by atoms with Crippen molar-refractivity contribution in [3.8, 4) is 0 Å². The van der Waals surface area contributed by atoms with Gasteiger partial charge in [-0.05, 0) is 36.6 Å². The van der Waals surface area contributed by atoms with Gasteiger partial charge in [0.15, 0.2) is 0 Å². The molecule has 5 heteroatoms. The molecule has 0 spiro atoms. The second kappa shape index (κ2) is 7.38. The molecule has 2 N–H and O–H groups in total. The van der Waals surface area contributed by atoms with Crippen molar-refractivity contribution in [3.63, 3.8) is 0 Å². The minimum atomic E-state index is -0.595. The molecule has 0 aromatic heterocycles. The van der Waals surface area contributed by atoms with E-state index in [1.165, 1.54) is 5.56 Å². The Balaban J connectivity index is 1.57. The maximum Gasteiger partial charge on any atom is 0.251 e. The van der Waals surface area contributed by atoms with Crippen LogP contribution in [-0.4, -0.2) is 31.4 Å². The van der Waals surface area contributed by atoms with Crippen LogP contribution in [0.1, 0.15) is 28.4 Å². The lowest BCUT2D eigenvalue weighted by Crippen LogP contribution is -2.44. The quantitative estimate of drug-likeness (QED) is 0.878. The Labute approximate surface area is 148 Å². The van der Waals surface area contributed by atoms with Crippen LogP contribution in [0, 0.1) is 0 Å². The largest absolute Gasteiger partial charge is 0.374 e. The fraction of sp³-hybridized carbons (Fsp3) is 0.300. The number of carbonyl (C=O) groups is 2. The van der Waals surface area contributed by atoms with E-state index < -0.39 is 6.04 Å². The standard InChI is InChI=1S/C20H23N3O2/c1-14(19(24)21-13-15-6-4-3-5-7-15)22-20(25)17-9-8-16-10-11-23(2)18(16)12-17/h3-9,12,14H,10-11,13H2,1-2H3,(H,21,24)(H,22,25)/t14-/m1/s1. The van der Waals surface area contributed by atoms with E-state index in [1.807, 2.05) is 55.6 Å². The minimum Gasteiger partial charge on any atom is -0.374 e. The van der Waals surface area contributed by atoms with E-state index in [9.17, 15) is 9.59 Å². The van der Waals surface area contributed by atoms with Crippen molar-refractivity contribution in [2.75, 3.05) is 18.5 Å². The van der Waals surface area contributed by atoms with Crippen LogP contribution in [0.2, 0.25) is 0 Å². The van der Waals surface area contributed by atoms with Crippen LogP contribution in [0.4, 0.5) is 5.69 Å². The monoisotopic (exact) mass is 337 g/mol. The van der Waals surface area contributed by atoms with E-state index in [-0.39, 0.29) is 11.8 Å². The van der Waals surface area contributed by atoms with Crippen molar-refractivity contribution >= 4 is 17.5 Å². The van der Waals surface area contributed by atoms with E-state index in [1.54, 1.807) is 6.92 Å². The average Bonchev–Trinajstić information content (AvgIpc) is 3.01. The molecule has 1 aliphatic rings. The molecule has 2 aromatic carbocycles. The maximum absolute atomic E-state index is 12.4. The van der Waals surface area contributed by atoms with Gasteiger partial charge in [-0.3, -0.25) is 9.59 Å². The van der Waals surface area contributed by atoms with Crippen LogP contribution < -0.4 is 15.5 Å². The van der Waals surface area contributed by atoms with Gasteiger partial charge < -0.3 is 15.5 Å². The first-order chi connectivity index (χ1) is 12.0. The van der Waals surface area contributed by atoms with E-state index in [0.29, 0.717) is 12.1 Å². The van der Waals surface area contributed by atoms with Gasteiger partial charge in [0.2, 0.25) is 5.91 Å². The molecule has 1 aliphatic heterocycles. The molecule has 3 rings (SSSR count). The number of benzene rings is 2. The van der Waals surface area contributed by atoms with Crippen molar-refractivity contribution in [2.45, 2.75) is 25.9 Å². The third-order valence-electron chi connectivity index (χ3n) is 4.53. The van der Waals surface area contributed by atoms with Crippen molar-refractivity contribution < 1.29 is 9.59 Å². The molecule has 25 heavy (non-hydrogen) atoms. The normalized spacial score (nSPS) is 13.9. The van der Waals surface area contributed by atoms with Crippen molar-refractivity contribution in [3.05, 3.63) is 65.2 Å². The molecular weight excluding hydrogens is 314 g/mol. The summed E-state index contributed by atoms with van der Waals surface area (Å²) in [6, 6.07) is 14.8. The first-order valence-corrected chi connectivity index (χ1v) is 8.51. The fourth-order valence-electron chi connectivity index (χ4n) is 2.96. The number of anilines is 1. The topological polar surface area (TPSA) is 61.4 Å². The zero-order valence-electron chi connectivity index (χ0n) is 14.6. The number of nitrogens with one attached hydrogen (secondary N) is 2. The van der Waals surface area contributed by atoms with Crippen molar-refractivity contribution in [2.24, 2.45) is 0 Å². The Bertz CT molecular complexity index is 774. The van der Waals surface area contributed by atoms with E-state index in [2.05, 4.69) is 15.5 Å². The van der Waals surface area contributed by atoms with Gasteiger partial charge in [0.1, 0.15) is 6.04 Å². The van der Waals surface area contributed by atoms with E-state index >= 15 is 0 Å². The molecule has 5 nitrogen and oxygen atoms in total. The second-order valence-corrected chi connectivity index (χ2v) is 6.41. The Morgan fingerprint density at radius 2 is 1.92 bits per heavy atom. The van der Waals surface area contributed by atoms with Gasteiger partial charge in [0.05, 0.1) is 0 Å². The molecule has 0 saturated carbocycles. The predicted molar refractivity (Wildman–Crippen MR) is 98.6 cm³/mol. The summed E-state index contributed by atoms with van der Waals surface area (Å²) >= 11 is 0. The summed E-state index contributed by atoms with van der Waals surface area (Å²) in [6.45, 7) is 3.11. The molecule has 0 radical (unpaired) electrons. The average molecular weight is 337 g/mol. The summed E-state index contributed by atoms with van der Waals surface area (Å²) < 4.78 is 0. The molecule has 2 aromatic rings. The minimum absolute atomic E-state index is 0.199. The van der Waals surface area contributed by atoms with Crippen LogP contribution in [0.25, 0.3) is 0 Å². The zero-order chi connectivity index (χ0) is 17.8. The predicted octanol–water partition coefficient (Wildman–Crippen LogP) is 2.11. The Morgan fingerprint density at radius 3 is 2.68 bits per heavy atom. The first kappa shape index (κ1) is 17.0. The lowest BCUT2D eigenvalue weighted by atomic mass is 10.1. The molecule has 2 amide bonds. The molecule has 0 bridgehead atoms. The highest BCUT2D eigenvalue weighted by atomic mass is 16.2.